The molecule has 0 bridgehead atoms. The summed E-state index contributed by atoms with van der Waals surface area (Å²) in [7, 11) is 0. The molecule has 1 aromatic rings. The molecule has 92 valence electrons. The Kier molecular flexibility index (Phi) is 5.33. The molecule has 0 atom stereocenters. The van der Waals surface area contributed by atoms with Crippen LogP contribution in [-0.4, -0.2) is 21.8 Å². The largest absolute Gasteiger partial charge is 0.313 e. The molecule has 0 saturated carbocycles. The zero-order chi connectivity index (χ0) is 12.8. The van der Waals surface area contributed by atoms with Crippen molar-refractivity contribution in [1.82, 2.24) is 0 Å². The number of alkyl halides is 1. The molecule has 1 amide bonds. The predicted molar refractivity (Wildman–Crippen MR) is 74.6 cm³/mol. The monoisotopic (exact) mass is 348 g/mol. The highest BCUT2D eigenvalue weighted by atomic mass is 127. The summed E-state index contributed by atoms with van der Waals surface area (Å²) in [5.41, 5.74) is 0.735. The number of non-ortho nitro benzene ring substituents is 1. The van der Waals surface area contributed by atoms with E-state index in [0.29, 0.717) is 18.7 Å². The van der Waals surface area contributed by atoms with Gasteiger partial charge in [-0.1, -0.05) is 22.6 Å². The minimum absolute atomic E-state index is 0.0335. The van der Waals surface area contributed by atoms with E-state index in [2.05, 4.69) is 22.6 Å². The third-order valence-electron chi connectivity index (χ3n) is 2.30. The van der Waals surface area contributed by atoms with Gasteiger partial charge in [0.1, 0.15) is 0 Å². The summed E-state index contributed by atoms with van der Waals surface area (Å²) in [6.07, 6.45) is 0.478. The lowest BCUT2D eigenvalue weighted by molar-refractivity contribution is -0.384. The fourth-order valence-corrected chi connectivity index (χ4v) is 1.93. The van der Waals surface area contributed by atoms with Crippen molar-refractivity contribution < 1.29 is 9.72 Å². The number of anilines is 1. The first kappa shape index (κ1) is 13.9. The van der Waals surface area contributed by atoms with Gasteiger partial charge in [0.05, 0.1) is 4.92 Å². The molecule has 17 heavy (non-hydrogen) atoms. The van der Waals surface area contributed by atoms with Gasteiger partial charge in [-0.15, -0.1) is 0 Å². The third kappa shape index (κ3) is 3.65. The summed E-state index contributed by atoms with van der Waals surface area (Å²) in [6.45, 7) is 2.44. The molecule has 0 aliphatic heterocycles. The number of carbonyl (C=O) groups excluding carboxylic acids is 1. The van der Waals surface area contributed by atoms with Crippen LogP contribution >= 0.6 is 22.6 Å². The first-order valence-corrected chi connectivity index (χ1v) is 6.73. The number of hydrogen-bond acceptors (Lipinski definition) is 3. The van der Waals surface area contributed by atoms with Crippen molar-refractivity contribution in [3.05, 3.63) is 34.4 Å². The fourth-order valence-electron chi connectivity index (χ4n) is 1.47. The van der Waals surface area contributed by atoms with Crippen LogP contribution in [0.4, 0.5) is 11.4 Å². The van der Waals surface area contributed by atoms with Gasteiger partial charge in [-0.05, 0) is 19.1 Å². The van der Waals surface area contributed by atoms with E-state index in [9.17, 15) is 14.9 Å². The SMILES string of the molecule is CCN(C(=O)CCI)c1ccc([N+](=O)[O-])cc1. The van der Waals surface area contributed by atoms with Crippen LogP contribution in [-0.2, 0) is 4.79 Å². The summed E-state index contributed by atoms with van der Waals surface area (Å²) >= 11 is 2.15. The van der Waals surface area contributed by atoms with Crippen LogP contribution in [0.25, 0.3) is 0 Å². The normalized spacial score (nSPS) is 10.0. The van der Waals surface area contributed by atoms with Crippen LogP contribution in [0.5, 0.6) is 0 Å². The van der Waals surface area contributed by atoms with Gasteiger partial charge in [-0.25, -0.2) is 0 Å². The summed E-state index contributed by atoms with van der Waals surface area (Å²) < 4.78 is 0.764. The number of nitrogens with zero attached hydrogens (tertiary/aromatic N) is 2. The van der Waals surface area contributed by atoms with Gasteiger partial charge < -0.3 is 4.90 Å². The second kappa shape index (κ2) is 6.53. The van der Waals surface area contributed by atoms with E-state index >= 15 is 0 Å². The molecule has 5 nitrogen and oxygen atoms in total. The van der Waals surface area contributed by atoms with Crippen molar-refractivity contribution in [1.29, 1.82) is 0 Å². The zero-order valence-electron chi connectivity index (χ0n) is 9.43. The number of benzene rings is 1. The van der Waals surface area contributed by atoms with Crippen LogP contribution in [0.1, 0.15) is 13.3 Å². The van der Waals surface area contributed by atoms with Crippen LogP contribution in [0.3, 0.4) is 0 Å². The molecule has 1 aromatic carbocycles. The zero-order valence-corrected chi connectivity index (χ0v) is 11.6. The lowest BCUT2D eigenvalue weighted by Crippen LogP contribution is -2.30. The highest BCUT2D eigenvalue weighted by molar-refractivity contribution is 14.1. The van der Waals surface area contributed by atoms with Gasteiger partial charge in [0.15, 0.2) is 0 Å². The van der Waals surface area contributed by atoms with Gasteiger partial charge >= 0.3 is 0 Å². The minimum Gasteiger partial charge on any atom is -0.313 e. The molecule has 0 heterocycles. The predicted octanol–water partition coefficient (Wildman–Crippen LogP) is 2.77. The Morgan fingerprint density at radius 3 is 2.41 bits per heavy atom. The summed E-state index contributed by atoms with van der Waals surface area (Å²) in [5, 5.41) is 10.5. The van der Waals surface area contributed by atoms with Crippen LogP contribution < -0.4 is 4.90 Å². The molecule has 0 aliphatic carbocycles. The number of amides is 1. The smallest absolute Gasteiger partial charge is 0.269 e. The van der Waals surface area contributed by atoms with Crippen molar-refractivity contribution in [2.24, 2.45) is 0 Å². The van der Waals surface area contributed by atoms with Crippen molar-refractivity contribution >= 4 is 39.9 Å². The second-order valence-electron chi connectivity index (χ2n) is 3.35. The highest BCUT2D eigenvalue weighted by Gasteiger charge is 2.14. The highest BCUT2D eigenvalue weighted by Crippen LogP contribution is 2.20. The molecule has 0 saturated heterocycles. The maximum atomic E-state index is 11.8. The molecule has 6 heteroatoms. The fraction of sp³-hybridized carbons (Fsp3) is 0.364. The number of rotatable bonds is 5. The van der Waals surface area contributed by atoms with Crippen LogP contribution in [0.15, 0.2) is 24.3 Å². The van der Waals surface area contributed by atoms with Crippen LogP contribution in [0.2, 0.25) is 0 Å². The van der Waals surface area contributed by atoms with E-state index in [0.717, 1.165) is 4.43 Å². The van der Waals surface area contributed by atoms with E-state index in [4.69, 9.17) is 0 Å². The molecular formula is C11H13IN2O3. The molecular weight excluding hydrogens is 335 g/mol. The summed E-state index contributed by atoms with van der Waals surface area (Å²) in [6, 6.07) is 6.03. The number of nitro benzene ring substituents is 1. The average Bonchev–Trinajstić information content (AvgIpc) is 2.31. The van der Waals surface area contributed by atoms with Crippen molar-refractivity contribution in [2.45, 2.75) is 13.3 Å². The van der Waals surface area contributed by atoms with E-state index in [-0.39, 0.29) is 11.6 Å². The average molecular weight is 348 g/mol. The first-order chi connectivity index (χ1) is 8.10. The van der Waals surface area contributed by atoms with Crippen molar-refractivity contribution in [3.8, 4) is 0 Å². The van der Waals surface area contributed by atoms with E-state index < -0.39 is 4.92 Å². The van der Waals surface area contributed by atoms with Crippen LogP contribution in [0, 0.1) is 10.1 Å². The molecule has 0 fully saturated rings. The lowest BCUT2D eigenvalue weighted by atomic mass is 10.2. The first-order valence-electron chi connectivity index (χ1n) is 5.21. The Hall–Kier alpha value is -1.18. The van der Waals surface area contributed by atoms with E-state index in [1.165, 1.54) is 12.1 Å². The Labute approximate surface area is 113 Å². The van der Waals surface area contributed by atoms with Crippen molar-refractivity contribution in [3.63, 3.8) is 0 Å². The second-order valence-corrected chi connectivity index (χ2v) is 4.43. The number of carbonyl (C=O) groups is 1. The summed E-state index contributed by atoms with van der Waals surface area (Å²) in [5.74, 6) is 0.0377. The number of halogens is 1. The Balaban J connectivity index is 2.89. The maximum Gasteiger partial charge on any atom is 0.269 e. The van der Waals surface area contributed by atoms with Gasteiger partial charge in [0, 0.05) is 35.2 Å². The number of nitro groups is 1. The van der Waals surface area contributed by atoms with Gasteiger partial charge in [0.25, 0.3) is 5.69 Å². The molecule has 0 aromatic heterocycles. The molecule has 1 rings (SSSR count). The van der Waals surface area contributed by atoms with Gasteiger partial charge in [-0.2, -0.15) is 0 Å². The molecule has 0 radical (unpaired) electrons. The molecule has 0 N–H and O–H groups in total. The van der Waals surface area contributed by atoms with Crippen molar-refractivity contribution in [2.75, 3.05) is 15.9 Å². The Morgan fingerprint density at radius 2 is 2.00 bits per heavy atom. The quantitative estimate of drug-likeness (QED) is 0.356. The molecule has 0 aliphatic rings. The topological polar surface area (TPSA) is 63.5 Å². The van der Waals surface area contributed by atoms with Gasteiger partial charge in [0.2, 0.25) is 5.91 Å². The third-order valence-corrected chi connectivity index (χ3v) is 2.84. The lowest BCUT2D eigenvalue weighted by Gasteiger charge is -2.20. The standard InChI is InChI=1S/C11H13IN2O3/c1-2-13(11(15)7-8-12)9-3-5-10(6-4-9)14(16)17/h3-6H,2,7-8H2,1H3. The molecule has 0 unspecified atom stereocenters. The Morgan fingerprint density at radius 1 is 1.41 bits per heavy atom. The molecule has 0 spiro atoms. The van der Waals surface area contributed by atoms with Gasteiger partial charge in [-0.3, -0.25) is 14.9 Å². The number of hydrogen-bond donors (Lipinski definition) is 0. The summed E-state index contributed by atoms with van der Waals surface area (Å²) in [4.78, 5) is 23.5. The van der Waals surface area contributed by atoms with E-state index in [1.54, 1.807) is 17.0 Å². The Bertz CT molecular complexity index is 406. The maximum absolute atomic E-state index is 11.8. The van der Waals surface area contributed by atoms with E-state index in [1.807, 2.05) is 6.92 Å². The minimum atomic E-state index is -0.452.